The van der Waals surface area contributed by atoms with Gasteiger partial charge in [-0.05, 0) is 37.6 Å². The van der Waals surface area contributed by atoms with Crippen LogP contribution in [0.1, 0.15) is 41.9 Å². The molecule has 10 heteroatoms. The van der Waals surface area contributed by atoms with Crippen LogP contribution in [-0.4, -0.2) is 31.3 Å². The molecule has 0 radical (unpaired) electrons. The summed E-state index contributed by atoms with van der Waals surface area (Å²) < 4.78 is 1.31. The van der Waals surface area contributed by atoms with E-state index in [1.165, 1.54) is 35.1 Å². The van der Waals surface area contributed by atoms with Gasteiger partial charge in [-0.15, -0.1) is 0 Å². The van der Waals surface area contributed by atoms with Crippen molar-refractivity contribution in [2.24, 2.45) is 5.10 Å². The number of aromatic amines is 1. The molecule has 30 heavy (non-hydrogen) atoms. The smallest absolute Gasteiger partial charge is 0.280 e. The minimum absolute atomic E-state index is 0.0665. The van der Waals surface area contributed by atoms with Gasteiger partial charge in [-0.3, -0.25) is 29.8 Å². The number of aromatic nitrogens is 3. The van der Waals surface area contributed by atoms with Crippen molar-refractivity contribution in [3.63, 3.8) is 0 Å². The maximum atomic E-state index is 13.0. The highest BCUT2D eigenvalue weighted by Gasteiger charge is 2.18. The van der Waals surface area contributed by atoms with Gasteiger partial charge in [0.1, 0.15) is 0 Å². The molecule has 0 spiro atoms. The molecule has 0 fully saturated rings. The number of carbonyl (C=O) groups is 1. The third-order valence-corrected chi connectivity index (χ3v) is 4.39. The van der Waals surface area contributed by atoms with Crippen LogP contribution in [0.25, 0.3) is 5.69 Å². The minimum atomic E-state index is -0.503. The topological polar surface area (TPSA) is 135 Å². The van der Waals surface area contributed by atoms with Crippen LogP contribution in [0.15, 0.2) is 58.7 Å². The highest BCUT2D eigenvalue weighted by atomic mass is 16.6. The molecule has 2 aromatic heterocycles. The van der Waals surface area contributed by atoms with Gasteiger partial charge in [-0.2, -0.15) is 5.10 Å². The lowest BCUT2D eigenvalue weighted by atomic mass is 10.1. The van der Waals surface area contributed by atoms with E-state index in [4.69, 9.17) is 0 Å². The summed E-state index contributed by atoms with van der Waals surface area (Å²) in [5, 5.41) is 18.0. The number of pyridine rings is 1. The normalized spacial score (nSPS) is 11.3. The number of nitrogens with zero attached hydrogens (tertiary/aromatic N) is 4. The Morgan fingerprint density at radius 2 is 2.03 bits per heavy atom. The fourth-order valence-corrected chi connectivity index (χ4v) is 2.94. The molecule has 2 N–H and O–H groups in total. The number of hydrazone groups is 1. The van der Waals surface area contributed by atoms with Gasteiger partial charge in [0, 0.05) is 30.2 Å². The van der Waals surface area contributed by atoms with E-state index < -0.39 is 10.8 Å². The second-order valence-electron chi connectivity index (χ2n) is 6.51. The molecule has 2 heterocycles. The zero-order chi connectivity index (χ0) is 21.7. The van der Waals surface area contributed by atoms with Crippen molar-refractivity contribution in [2.45, 2.75) is 26.7 Å². The maximum absolute atomic E-state index is 13.0. The average molecular weight is 408 g/mol. The number of nitro groups is 1. The number of benzene rings is 1. The minimum Gasteiger partial charge on any atom is -0.294 e. The molecule has 0 unspecified atom stereocenters. The zero-order valence-corrected chi connectivity index (χ0v) is 16.5. The molecule has 1 amide bonds. The number of H-pyrrole nitrogens is 1. The van der Waals surface area contributed by atoms with Crippen LogP contribution in [0.4, 0.5) is 5.69 Å². The second kappa shape index (κ2) is 8.95. The summed E-state index contributed by atoms with van der Waals surface area (Å²) >= 11 is 0. The van der Waals surface area contributed by atoms with Crippen molar-refractivity contribution in [1.82, 2.24) is 20.2 Å². The lowest BCUT2D eigenvalue weighted by molar-refractivity contribution is -0.384. The first-order chi connectivity index (χ1) is 14.4. The summed E-state index contributed by atoms with van der Waals surface area (Å²) in [4.78, 5) is 39.5. The van der Waals surface area contributed by atoms with E-state index in [0.717, 1.165) is 6.42 Å². The Kier molecular flexibility index (Phi) is 6.16. The van der Waals surface area contributed by atoms with Gasteiger partial charge in [0.15, 0.2) is 0 Å². The van der Waals surface area contributed by atoms with E-state index in [-0.39, 0.29) is 11.2 Å². The first-order valence-corrected chi connectivity index (χ1v) is 9.26. The molecule has 0 aliphatic rings. The fourth-order valence-electron chi connectivity index (χ4n) is 2.94. The summed E-state index contributed by atoms with van der Waals surface area (Å²) in [6.45, 7) is 3.61. The third-order valence-electron chi connectivity index (χ3n) is 4.39. The quantitative estimate of drug-likeness (QED) is 0.352. The van der Waals surface area contributed by atoms with E-state index in [2.05, 4.69) is 20.6 Å². The SMILES string of the molecule is CCCc1[nH]n(-c2ccc([N+](=O)[O-])cc2)c(=O)c1C(C)=NNC(=O)c1cccnc1. The van der Waals surface area contributed by atoms with Crippen molar-refractivity contribution in [1.29, 1.82) is 0 Å². The Hall–Kier alpha value is -4.08. The van der Waals surface area contributed by atoms with Crippen molar-refractivity contribution in [3.8, 4) is 5.69 Å². The van der Waals surface area contributed by atoms with Gasteiger partial charge >= 0.3 is 0 Å². The highest BCUT2D eigenvalue weighted by Crippen LogP contribution is 2.15. The van der Waals surface area contributed by atoms with Crippen LogP contribution < -0.4 is 11.0 Å². The van der Waals surface area contributed by atoms with Gasteiger partial charge in [0.2, 0.25) is 0 Å². The first kappa shape index (κ1) is 20.6. The third kappa shape index (κ3) is 4.32. The van der Waals surface area contributed by atoms with Gasteiger partial charge < -0.3 is 0 Å². The van der Waals surface area contributed by atoms with Crippen molar-refractivity contribution in [2.75, 3.05) is 0 Å². The molecule has 0 aliphatic heterocycles. The number of hydrogen-bond donors (Lipinski definition) is 2. The Labute approximate surface area is 171 Å². The van der Waals surface area contributed by atoms with E-state index in [1.54, 1.807) is 25.3 Å². The Morgan fingerprint density at radius 3 is 2.63 bits per heavy atom. The van der Waals surface area contributed by atoms with Crippen molar-refractivity contribution < 1.29 is 9.72 Å². The predicted molar refractivity (Wildman–Crippen MR) is 111 cm³/mol. The monoisotopic (exact) mass is 408 g/mol. The summed E-state index contributed by atoms with van der Waals surface area (Å²) in [6.07, 6.45) is 4.35. The first-order valence-electron chi connectivity index (χ1n) is 9.26. The summed E-state index contributed by atoms with van der Waals surface area (Å²) in [6, 6.07) is 8.89. The predicted octanol–water partition coefficient (Wildman–Crippen LogP) is 2.58. The number of rotatable bonds is 7. The molecular weight excluding hydrogens is 388 g/mol. The lowest BCUT2D eigenvalue weighted by Gasteiger charge is -2.02. The molecule has 1 aromatic carbocycles. The van der Waals surface area contributed by atoms with Crippen molar-refractivity contribution in [3.05, 3.63) is 86.1 Å². The molecule has 0 atom stereocenters. The Bertz CT molecular complexity index is 1150. The molecule has 0 aliphatic carbocycles. The number of nitro benzene ring substituents is 1. The summed E-state index contributed by atoms with van der Waals surface area (Å²) in [5.41, 5.74) is 4.18. The number of carbonyl (C=O) groups excluding carboxylic acids is 1. The van der Waals surface area contributed by atoms with Gasteiger partial charge in [0.05, 0.1) is 27.4 Å². The molecule has 10 nitrogen and oxygen atoms in total. The van der Waals surface area contributed by atoms with Crippen LogP contribution in [0, 0.1) is 10.1 Å². The molecule has 0 bridgehead atoms. The van der Waals surface area contributed by atoms with E-state index in [0.29, 0.717) is 34.6 Å². The number of nitrogens with one attached hydrogen (secondary N) is 2. The van der Waals surface area contributed by atoms with Gasteiger partial charge in [-0.25, -0.2) is 10.1 Å². The van der Waals surface area contributed by atoms with E-state index in [1.807, 2.05) is 6.92 Å². The van der Waals surface area contributed by atoms with Crippen LogP contribution >= 0.6 is 0 Å². The number of hydrogen-bond acceptors (Lipinski definition) is 6. The van der Waals surface area contributed by atoms with Crippen LogP contribution in [0.5, 0.6) is 0 Å². The van der Waals surface area contributed by atoms with E-state index >= 15 is 0 Å². The highest BCUT2D eigenvalue weighted by molar-refractivity contribution is 6.01. The standard InChI is InChI=1S/C20H20N6O4/c1-3-5-17-18(13(2)22-23-19(27)14-6-4-11-21-12-14)20(28)25(24-17)15-7-9-16(10-8-15)26(29)30/h4,6-12,24H,3,5H2,1-2H3,(H,23,27). The fraction of sp³-hybridized carbons (Fsp3) is 0.200. The zero-order valence-electron chi connectivity index (χ0n) is 16.5. The molecule has 0 saturated carbocycles. The molecule has 154 valence electrons. The van der Waals surface area contributed by atoms with Gasteiger partial charge in [0.25, 0.3) is 17.2 Å². The molecular formula is C20H20N6O4. The number of non-ortho nitro benzene ring substituents is 1. The second-order valence-corrected chi connectivity index (χ2v) is 6.51. The largest absolute Gasteiger partial charge is 0.294 e. The maximum Gasteiger partial charge on any atom is 0.280 e. The Balaban J connectivity index is 1.94. The van der Waals surface area contributed by atoms with Crippen LogP contribution in [0.3, 0.4) is 0 Å². The molecule has 3 aromatic rings. The van der Waals surface area contributed by atoms with Crippen LogP contribution in [0.2, 0.25) is 0 Å². The van der Waals surface area contributed by atoms with Crippen LogP contribution in [-0.2, 0) is 6.42 Å². The summed E-state index contributed by atoms with van der Waals surface area (Å²) in [7, 11) is 0. The van der Waals surface area contributed by atoms with E-state index in [9.17, 15) is 19.7 Å². The van der Waals surface area contributed by atoms with Crippen molar-refractivity contribution >= 4 is 17.3 Å². The molecule has 0 saturated heterocycles. The molecule has 3 rings (SSSR count). The Morgan fingerprint density at radius 1 is 1.30 bits per heavy atom. The van der Waals surface area contributed by atoms with Gasteiger partial charge in [-0.1, -0.05) is 13.3 Å². The average Bonchev–Trinajstić information content (AvgIpc) is 3.08. The lowest BCUT2D eigenvalue weighted by Crippen LogP contribution is -2.23. The number of aryl methyl sites for hydroxylation is 1. The number of amides is 1. The summed E-state index contributed by atoms with van der Waals surface area (Å²) in [5.74, 6) is -0.439.